The molecule has 0 aromatic rings. The van der Waals surface area contributed by atoms with Crippen LogP contribution < -0.4 is 5.32 Å². The fourth-order valence-electron chi connectivity index (χ4n) is 2.04. The third kappa shape index (κ3) is 2.94. The quantitative estimate of drug-likeness (QED) is 0.520. The molecule has 0 radical (unpaired) electrons. The van der Waals surface area contributed by atoms with E-state index in [0.29, 0.717) is 12.5 Å². The molecule has 1 N–H and O–H groups in total. The van der Waals surface area contributed by atoms with Crippen LogP contribution in [0.5, 0.6) is 0 Å². The summed E-state index contributed by atoms with van der Waals surface area (Å²) in [7, 11) is 1.68. The summed E-state index contributed by atoms with van der Waals surface area (Å²) in [6.07, 6.45) is 6.11. The molecular weight excluding hydrogens is 190 g/mol. The molecule has 88 valence electrons. The van der Waals surface area contributed by atoms with E-state index in [2.05, 4.69) is 19.2 Å². The molecule has 2 unspecified atom stereocenters. The highest BCUT2D eigenvalue weighted by Crippen LogP contribution is 2.38. The second kappa shape index (κ2) is 5.50. The van der Waals surface area contributed by atoms with Gasteiger partial charge in [-0.1, -0.05) is 39.5 Å². The second-order valence-corrected chi connectivity index (χ2v) is 4.51. The van der Waals surface area contributed by atoms with Gasteiger partial charge in [0, 0.05) is 7.05 Å². The first kappa shape index (κ1) is 12.5. The summed E-state index contributed by atoms with van der Waals surface area (Å²) in [5, 5.41) is 2.69. The van der Waals surface area contributed by atoms with Crippen LogP contribution in [-0.4, -0.2) is 25.2 Å². The number of epoxide rings is 1. The molecule has 3 nitrogen and oxygen atoms in total. The Hall–Kier alpha value is -0.570. The van der Waals surface area contributed by atoms with Crippen molar-refractivity contribution in [1.29, 1.82) is 0 Å². The van der Waals surface area contributed by atoms with E-state index in [0.717, 1.165) is 6.42 Å². The molecule has 0 spiro atoms. The van der Waals surface area contributed by atoms with Crippen LogP contribution in [0.4, 0.5) is 0 Å². The predicted octanol–water partition coefficient (Wildman–Crippen LogP) is 2.11. The largest absolute Gasteiger partial charge is 0.359 e. The lowest BCUT2D eigenvalue weighted by molar-refractivity contribution is -0.127. The molecule has 1 rings (SSSR count). The van der Waals surface area contributed by atoms with Gasteiger partial charge in [0.1, 0.15) is 0 Å². The van der Waals surface area contributed by atoms with Gasteiger partial charge in [-0.05, 0) is 12.3 Å². The average molecular weight is 213 g/mol. The highest BCUT2D eigenvalue weighted by atomic mass is 16.6. The van der Waals surface area contributed by atoms with Gasteiger partial charge in [-0.15, -0.1) is 0 Å². The normalized spacial score (nSPS) is 26.1. The molecule has 0 aromatic carbocycles. The minimum atomic E-state index is -0.485. The van der Waals surface area contributed by atoms with Gasteiger partial charge in [0.05, 0.1) is 6.61 Å². The van der Waals surface area contributed by atoms with Gasteiger partial charge in [0.15, 0.2) is 5.60 Å². The maximum atomic E-state index is 11.6. The number of likely N-dealkylation sites (N-methyl/N-ethyl adjacent to an activating group) is 1. The van der Waals surface area contributed by atoms with Crippen molar-refractivity contribution in [2.45, 2.75) is 51.6 Å². The van der Waals surface area contributed by atoms with E-state index in [-0.39, 0.29) is 5.91 Å². The molecule has 1 aliphatic rings. The van der Waals surface area contributed by atoms with Gasteiger partial charge >= 0.3 is 0 Å². The van der Waals surface area contributed by atoms with E-state index in [4.69, 9.17) is 4.74 Å². The highest BCUT2D eigenvalue weighted by molar-refractivity contribution is 5.87. The molecule has 0 aromatic heterocycles. The number of rotatable bonds is 7. The van der Waals surface area contributed by atoms with Crippen LogP contribution in [0.15, 0.2) is 0 Å². The zero-order valence-corrected chi connectivity index (χ0v) is 10.1. The van der Waals surface area contributed by atoms with Crippen molar-refractivity contribution in [3.63, 3.8) is 0 Å². The van der Waals surface area contributed by atoms with Crippen molar-refractivity contribution in [2.24, 2.45) is 5.92 Å². The van der Waals surface area contributed by atoms with E-state index in [9.17, 15) is 4.79 Å². The van der Waals surface area contributed by atoms with Crippen LogP contribution in [0, 0.1) is 5.92 Å². The molecule has 2 atom stereocenters. The number of hydrogen-bond donors (Lipinski definition) is 1. The number of carbonyl (C=O) groups excluding carboxylic acids is 1. The number of unbranched alkanes of at least 4 members (excludes halogenated alkanes) is 3. The fraction of sp³-hybridized carbons (Fsp3) is 0.917. The summed E-state index contributed by atoms with van der Waals surface area (Å²) >= 11 is 0. The Balaban J connectivity index is 2.27. The highest BCUT2D eigenvalue weighted by Gasteiger charge is 2.55. The second-order valence-electron chi connectivity index (χ2n) is 4.51. The Morgan fingerprint density at radius 3 is 2.60 bits per heavy atom. The van der Waals surface area contributed by atoms with Crippen molar-refractivity contribution < 1.29 is 9.53 Å². The van der Waals surface area contributed by atoms with E-state index in [1.165, 1.54) is 25.7 Å². The van der Waals surface area contributed by atoms with E-state index < -0.39 is 5.60 Å². The monoisotopic (exact) mass is 213 g/mol. The topological polar surface area (TPSA) is 41.6 Å². The van der Waals surface area contributed by atoms with Crippen LogP contribution in [0.2, 0.25) is 0 Å². The molecule has 1 saturated heterocycles. The van der Waals surface area contributed by atoms with E-state index in [1.807, 2.05) is 0 Å². The molecule has 3 heteroatoms. The Morgan fingerprint density at radius 1 is 1.47 bits per heavy atom. The molecule has 1 amide bonds. The zero-order chi connectivity index (χ0) is 11.3. The lowest BCUT2D eigenvalue weighted by Gasteiger charge is -2.18. The van der Waals surface area contributed by atoms with Gasteiger partial charge in [0.2, 0.25) is 0 Å². The van der Waals surface area contributed by atoms with E-state index in [1.54, 1.807) is 7.05 Å². The van der Waals surface area contributed by atoms with Crippen LogP contribution in [0.3, 0.4) is 0 Å². The molecule has 1 fully saturated rings. The third-order valence-corrected chi connectivity index (χ3v) is 3.35. The van der Waals surface area contributed by atoms with Crippen molar-refractivity contribution in [3.05, 3.63) is 0 Å². The van der Waals surface area contributed by atoms with Crippen molar-refractivity contribution in [1.82, 2.24) is 5.32 Å². The minimum absolute atomic E-state index is 0.0468. The summed E-state index contributed by atoms with van der Waals surface area (Å²) < 4.78 is 5.36. The van der Waals surface area contributed by atoms with Crippen molar-refractivity contribution in [2.75, 3.05) is 13.7 Å². The van der Waals surface area contributed by atoms with Gasteiger partial charge < -0.3 is 10.1 Å². The molecule has 0 bridgehead atoms. The first-order chi connectivity index (χ1) is 7.17. The molecule has 0 saturated carbocycles. The number of nitrogens with one attached hydrogen (secondary N) is 1. The maximum Gasteiger partial charge on any atom is 0.254 e. The first-order valence-corrected chi connectivity index (χ1v) is 6.03. The molecule has 15 heavy (non-hydrogen) atoms. The minimum Gasteiger partial charge on any atom is -0.359 e. The zero-order valence-electron chi connectivity index (χ0n) is 10.1. The van der Waals surface area contributed by atoms with Crippen LogP contribution in [0.1, 0.15) is 46.0 Å². The summed E-state index contributed by atoms with van der Waals surface area (Å²) in [5.74, 6) is 0.389. The van der Waals surface area contributed by atoms with Gasteiger partial charge in [-0.2, -0.15) is 0 Å². The van der Waals surface area contributed by atoms with Gasteiger partial charge in [-0.25, -0.2) is 0 Å². The Labute approximate surface area is 92.6 Å². The molecule has 1 aliphatic heterocycles. The van der Waals surface area contributed by atoms with Crippen LogP contribution in [0.25, 0.3) is 0 Å². The standard InChI is InChI=1S/C12H23NO2/c1-4-5-6-7-8-10(2)12(9-15-12)11(14)13-3/h10H,4-9H2,1-3H3,(H,13,14). The smallest absolute Gasteiger partial charge is 0.254 e. The summed E-state index contributed by atoms with van der Waals surface area (Å²) in [4.78, 5) is 11.6. The summed E-state index contributed by atoms with van der Waals surface area (Å²) in [6, 6.07) is 0. The summed E-state index contributed by atoms with van der Waals surface area (Å²) in [5.41, 5.74) is -0.485. The lowest BCUT2D eigenvalue weighted by atomic mass is 9.89. The Kier molecular flexibility index (Phi) is 4.58. The van der Waals surface area contributed by atoms with Crippen LogP contribution >= 0.6 is 0 Å². The number of amides is 1. The number of ether oxygens (including phenoxy) is 1. The van der Waals surface area contributed by atoms with E-state index >= 15 is 0 Å². The van der Waals surface area contributed by atoms with Crippen molar-refractivity contribution in [3.8, 4) is 0 Å². The average Bonchev–Trinajstić information content (AvgIpc) is 3.04. The maximum absolute atomic E-state index is 11.6. The Bertz CT molecular complexity index is 212. The number of hydrogen-bond acceptors (Lipinski definition) is 2. The van der Waals surface area contributed by atoms with Gasteiger partial charge in [0.25, 0.3) is 5.91 Å². The third-order valence-electron chi connectivity index (χ3n) is 3.35. The van der Waals surface area contributed by atoms with Crippen LogP contribution in [-0.2, 0) is 9.53 Å². The van der Waals surface area contributed by atoms with Gasteiger partial charge in [-0.3, -0.25) is 4.79 Å². The molecule has 1 heterocycles. The lowest BCUT2D eigenvalue weighted by Crippen LogP contribution is -2.40. The number of carbonyl (C=O) groups is 1. The summed E-state index contributed by atoms with van der Waals surface area (Å²) in [6.45, 7) is 4.93. The Morgan fingerprint density at radius 2 is 2.13 bits per heavy atom. The molecular formula is C12H23NO2. The van der Waals surface area contributed by atoms with Crippen molar-refractivity contribution >= 4 is 5.91 Å². The molecule has 0 aliphatic carbocycles. The predicted molar refractivity (Wildman–Crippen MR) is 60.7 cm³/mol. The fourth-order valence-corrected chi connectivity index (χ4v) is 2.04. The SMILES string of the molecule is CCCCCCC(C)C1(C(=O)NC)CO1. The first-order valence-electron chi connectivity index (χ1n) is 6.03.